The van der Waals surface area contributed by atoms with Crippen LogP contribution >= 0.6 is 0 Å². The monoisotopic (exact) mass is 272 g/mol. The predicted molar refractivity (Wildman–Crippen MR) is 70.9 cm³/mol. The summed E-state index contributed by atoms with van der Waals surface area (Å²) in [5, 5.41) is 20.9. The van der Waals surface area contributed by atoms with Crippen molar-refractivity contribution in [3.05, 3.63) is 0 Å². The molecule has 0 radical (unpaired) electrons. The second kappa shape index (κ2) is 7.99. The summed E-state index contributed by atoms with van der Waals surface area (Å²) in [6.07, 6.45) is 4.76. The van der Waals surface area contributed by atoms with Gasteiger partial charge in [-0.15, -0.1) is 0 Å². The number of hydrogen-bond donors (Lipinski definition) is 3. The first-order valence-electron chi connectivity index (χ1n) is 7.01. The van der Waals surface area contributed by atoms with E-state index in [0.29, 0.717) is 13.0 Å². The molecule has 0 saturated carbocycles. The molecule has 0 aromatic heterocycles. The van der Waals surface area contributed by atoms with Crippen molar-refractivity contribution in [3.63, 3.8) is 0 Å². The highest BCUT2D eigenvalue weighted by Crippen LogP contribution is 2.16. The Hall–Kier alpha value is -1.30. The molecule has 0 aliphatic carbocycles. The number of unbranched alkanes of at least 4 members (excludes halogenated alkanes) is 1. The number of amides is 2. The number of nitrogens with zero attached hydrogens (tertiary/aromatic N) is 1. The minimum absolute atomic E-state index is 0.0693. The first-order valence-corrected chi connectivity index (χ1v) is 7.01. The quantitative estimate of drug-likeness (QED) is 0.677. The molecule has 0 aromatic rings. The number of aliphatic hydroxyl groups excluding tert-OH is 1. The van der Waals surface area contributed by atoms with Crippen molar-refractivity contribution >= 4 is 12.0 Å². The number of carboxylic acids is 1. The molecule has 6 heteroatoms. The molecule has 2 amide bonds. The third-order valence-electron chi connectivity index (χ3n) is 3.54. The zero-order valence-electron chi connectivity index (χ0n) is 11.5. The maximum absolute atomic E-state index is 12.1. The Bertz CT molecular complexity index is 309. The standard InChI is InChI=1S/C13H24N2O4/c1-2-3-7-11(12(17)18)14-13(19)15-8-5-4-6-10(15)9-16/h10-11,16H,2-9H2,1H3,(H,14,19)(H,17,18). The van der Waals surface area contributed by atoms with Gasteiger partial charge in [0.15, 0.2) is 0 Å². The van der Waals surface area contributed by atoms with Gasteiger partial charge in [-0.2, -0.15) is 0 Å². The van der Waals surface area contributed by atoms with Gasteiger partial charge in [0.1, 0.15) is 6.04 Å². The first-order chi connectivity index (χ1) is 9.10. The van der Waals surface area contributed by atoms with Crippen LogP contribution in [0.25, 0.3) is 0 Å². The molecule has 1 rings (SSSR count). The topological polar surface area (TPSA) is 89.9 Å². The number of carbonyl (C=O) groups excluding carboxylic acids is 1. The van der Waals surface area contributed by atoms with Crippen molar-refractivity contribution in [2.45, 2.75) is 57.5 Å². The van der Waals surface area contributed by atoms with E-state index < -0.39 is 12.0 Å². The van der Waals surface area contributed by atoms with Gasteiger partial charge in [0.05, 0.1) is 12.6 Å². The molecule has 0 spiro atoms. The van der Waals surface area contributed by atoms with Crippen molar-refractivity contribution in [2.24, 2.45) is 0 Å². The molecule has 1 aliphatic rings. The SMILES string of the molecule is CCCCC(NC(=O)N1CCCCC1CO)C(=O)O. The summed E-state index contributed by atoms with van der Waals surface area (Å²) in [6, 6.07) is -1.40. The van der Waals surface area contributed by atoms with Gasteiger partial charge in [-0.25, -0.2) is 9.59 Å². The summed E-state index contributed by atoms with van der Waals surface area (Å²) in [4.78, 5) is 24.7. The van der Waals surface area contributed by atoms with Crippen molar-refractivity contribution < 1.29 is 19.8 Å². The summed E-state index contributed by atoms with van der Waals surface area (Å²) in [6.45, 7) is 2.49. The number of nitrogens with one attached hydrogen (secondary N) is 1. The van der Waals surface area contributed by atoms with Crippen LogP contribution in [0.15, 0.2) is 0 Å². The molecule has 110 valence electrons. The van der Waals surface area contributed by atoms with E-state index in [1.807, 2.05) is 6.92 Å². The molecule has 1 saturated heterocycles. The van der Waals surface area contributed by atoms with Gasteiger partial charge in [-0.1, -0.05) is 19.8 Å². The summed E-state index contributed by atoms with van der Waals surface area (Å²) in [7, 11) is 0. The average Bonchev–Trinajstić information content (AvgIpc) is 2.42. The van der Waals surface area contributed by atoms with Crippen LogP contribution in [0.1, 0.15) is 45.4 Å². The van der Waals surface area contributed by atoms with Crippen LogP contribution in [0.3, 0.4) is 0 Å². The molecule has 1 fully saturated rings. The normalized spacial score (nSPS) is 20.9. The Balaban J connectivity index is 2.56. The number of piperidine rings is 1. The number of aliphatic carboxylic acids is 1. The lowest BCUT2D eigenvalue weighted by Gasteiger charge is -2.35. The fourth-order valence-electron chi connectivity index (χ4n) is 2.36. The van der Waals surface area contributed by atoms with E-state index in [1.165, 1.54) is 0 Å². The van der Waals surface area contributed by atoms with E-state index in [2.05, 4.69) is 5.32 Å². The zero-order valence-corrected chi connectivity index (χ0v) is 11.5. The third kappa shape index (κ3) is 4.70. The second-order valence-corrected chi connectivity index (χ2v) is 5.01. The molecule has 0 bridgehead atoms. The van der Waals surface area contributed by atoms with E-state index in [0.717, 1.165) is 32.1 Å². The molecule has 2 unspecified atom stereocenters. The third-order valence-corrected chi connectivity index (χ3v) is 3.54. The molecule has 2 atom stereocenters. The zero-order chi connectivity index (χ0) is 14.3. The van der Waals surface area contributed by atoms with Crippen molar-refractivity contribution in [1.82, 2.24) is 10.2 Å². The molecular formula is C13H24N2O4. The Morgan fingerprint density at radius 2 is 2.16 bits per heavy atom. The van der Waals surface area contributed by atoms with Crippen LogP contribution in [0, 0.1) is 0 Å². The molecular weight excluding hydrogens is 248 g/mol. The predicted octanol–water partition coefficient (Wildman–Crippen LogP) is 1.19. The summed E-state index contributed by atoms with van der Waals surface area (Å²) in [5.74, 6) is -1.00. The highest BCUT2D eigenvalue weighted by molar-refractivity contribution is 5.82. The van der Waals surface area contributed by atoms with Crippen LogP contribution in [0.2, 0.25) is 0 Å². The maximum Gasteiger partial charge on any atom is 0.326 e. The van der Waals surface area contributed by atoms with Gasteiger partial charge in [0.25, 0.3) is 0 Å². The fraction of sp³-hybridized carbons (Fsp3) is 0.846. The maximum atomic E-state index is 12.1. The van der Waals surface area contributed by atoms with Crippen LogP contribution in [-0.4, -0.2) is 52.3 Å². The van der Waals surface area contributed by atoms with E-state index in [-0.39, 0.29) is 18.7 Å². The van der Waals surface area contributed by atoms with Gasteiger partial charge in [0, 0.05) is 6.54 Å². The summed E-state index contributed by atoms with van der Waals surface area (Å²) in [5.41, 5.74) is 0. The second-order valence-electron chi connectivity index (χ2n) is 5.01. The van der Waals surface area contributed by atoms with Gasteiger partial charge in [0.2, 0.25) is 0 Å². The molecule has 1 heterocycles. The van der Waals surface area contributed by atoms with Gasteiger partial charge >= 0.3 is 12.0 Å². The Morgan fingerprint density at radius 1 is 1.42 bits per heavy atom. The fourth-order valence-corrected chi connectivity index (χ4v) is 2.36. The number of hydrogen-bond acceptors (Lipinski definition) is 3. The van der Waals surface area contributed by atoms with E-state index >= 15 is 0 Å². The van der Waals surface area contributed by atoms with Crippen molar-refractivity contribution in [1.29, 1.82) is 0 Å². The van der Waals surface area contributed by atoms with Crippen molar-refractivity contribution in [2.75, 3.05) is 13.2 Å². The van der Waals surface area contributed by atoms with Gasteiger partial charge in [-0.05, 0) is 25.7 Å². The number of carboxylic acid groups (broad SMARTS) is 1. The van der Waals surface area contributed by atoms with Crippen LogP contribution < -0.4 is 5.32 Å². The lowest BCUT2D eigenvalue weighted by molar-refractivity contribution is -0.139. The minimum atomic E-state index is -1.00. The smallest absolute Gasteiger partial charge is 0.326 e. The van der Waals surface area contributed by atoms with Gasteiger partial charge < -0.3 is 20.4 Å². The van der Waals surface area contributed by atoms with Gasteiger partial charge in [-0.3, -0.25) is 0 Å². The number of aliphatic hydroxyl groups is 1. The number of rotatable bonds is 6. The molecule has 0 aromatic carbocycles. The Morgan fingerprint density at radius 3 is 2.74 bits per heavy atom. The number of urea groups is 1. The Kier molecular flexibility index (Phi) is 6.62. The number of carbonyl (C=O) groups is 2. The molecule has 1 aliphatic heterocycles. The van der Waals surface area contributed by atoms with Crippen LogP contribution in [-0.2, 0) is 4.79 Å². The van der Waals surface area contributed by atoms with E-state index in [1.54, 1.807) is 4.90 Å². The summed E-state index contributed by atoms with van der Waals surface area (Å²) >= 11 is 0. The molecule has 3 N–H and O–H groups in total. The minimum Gasteiger partial charge on any atom is -0.480 e. The first kappa shape index (κ1) is 15.8. The van der Waals surface area contributed by atoms with Crippen LogP contribution in [0.4, 0.5) is 4.79 Å². The molecule has 6 nitrogen and oxygen atoms in total. The van der Waals surface area contributed by atoms with E-state index in [9.17, 15) is 14.7 Å². The average molecular weight is 272 g/mol. The van der Waals surface area contributed by atoms with Crippen LogP contribution in [0.5, 0.6) is 0 Å². The lowest BCUT2D eigenvalue weighted by Crippen LogP contribution is -2.53. The largest absolute Gasteiger partial charge is 0.480 e. The Labute approximate surface area is 113 Å². The highest BCUT2D eigenvalue weighted by atomic mass is 16.4. The molecule has 19 heavy (non-hydrogen) atoms. The number of likely N-dealkylation sites (tertiary alicyclic amines) is 1. The summed E-state index contributed by atoms with van der Waals surface area (Å²) < 4.78 is 0. The van der Waals surface area contributed by atoms with Crippen molar-refractivity contribution in [3.8, 4) is 0 Å². The lowest BCUT2D eigenvalue weighted by atomic mass is 10.0. The van der Waals surface area contributed by atoms with E-state index in [4.69, 9.17) is 5.11 Å². The highest BCUT2D eigenvalue weighted by Gasteiger charge is 2.29.